The fraction of sp³-hybridized carbons (Fsp3) is 0.500. The topological polar surface area (TPSA) is 75.6 Å². The van der Waals surface area contributed by atoms with E-state index in [1.807, 2.05) is 26.3 Å². The Bertz CT molecular complexity index is 544. The molecule has 1 rings (SSSR count). The summed E-state index contributed by atoms with van der Waals surface area (Å²) in [5.41, 5.74) is 2.78. The lowest BCUT2D eigenvalue weighted by molar-refractivity contribution is 0.368. The second-order valence-corrected chi connectivity index (χ2v) is 7.17. The molecule has 0 aliphatic carbocycles. The SMILES string of the molecule is COc1c(NO)cc(C(C)(C)C)cc1S(C)(=O)=O. The highest BCUT2D eigenvalue weighted by Gasteiger charge is 2.23. The maximum absolute atomic E-state index is 11.8. The molecule has 0 aliphatic heterocycles. The number of ether oxygens (including phenoxy) is 1. The van der Waals surface area contributed by atoms with Gasteiger partial charge in [-0.05, 0) is 23.1 Å². The van der Waals surface area contributed by atoms with Gasteiger partial charge in [-0.2, -0.15) is 0 Å². The number of anilines is 1. The van der Waals surface area contributed by atoms with Crippen molar-refractivity contribution in [3.63, 3.8) is 0 Å². The predicted molar refractivity (Wildman–Crippen MR) is 70.2 cm³/mol. The van der Waals surface area contributed by atoms with E-state index in [9.17, 15) is 8.42 Å². The second kappa shape index (κ2) is 4.78. The lowest BCUT2D eigenvalue weighted by Gasteiger charge is -2.22. The molecule has 5 nitrogen and oxygen atoms in total. The van der Waals surface area contributed by atoms with Crippen LogP contribution in [0.3, 0.4) is 0 Å². The molecule has 0 bridgehead atoms. The Morgan fingerprint density at radius 2 is 1.83 bits per heavy atom. The fourth-order valence-corrected chi connectivity index (χ4v) is 2.48. The van der Waals surface area contributed by atoms with Crippen LogP contribution >= 0.6 is 0 Å². The lowest BCUT2D eigenvalue weighted by atomic mass is 9.87. The summed E-state index contributed by atoms with van der Waals surface area (Å²) in [6.07, 6.45) is 1.11. The Hall–Kier alpha value is -1.27. The molecule has 0 aromatic heterocycles. The molecule has 0 atom stereocenters. The molecule has 0 spiro atoms. The van der Waals surface area contributed by atoms with Gasteiger partial charge in [-0.1, -0.05) is 20.8 Å². The Balaban J connectivity index is 3.67. The smallest absolute Gasteiger partial charge is 0.179 e. The molecule has 102 valence electrons. The van der Waals surface area contributed by atoms with Crippen LogP contribution in [0.2, 0.25) is 0 Å². The van der Waals surface area contributed by atoms with Gasteiger partial charge in [0, 0.05) is 6.26 Å². The Kier molecular flexibility index (Phi) is 3.92. The first-order valence-electron chi connectivity index (χ1n) is 5.44. The quantitative estimate of drug-likeness (QED) is 0.826. The predicted octanol–water partition coefficient (Wildman–Crippen LogP) is 2.20. The Morgan fingerprint density at radius 1 is 1.28 bits per heavy atom. The number of methoxy groups -OCH3 is 1. The molecule has 0 amide bonds. The molecule has 1 aromatic carbocycles. The van der Waals surface area contributed by atoms with Crippen LogP contribution in [0.15, 0.2) is 17.0 Å². The number of nitrogens with one attached hydrogen (secondary N) is 1. The summed E-state index contributed by atoms with van der Waals surface area (Å²) in [5, 5.41) is 9.11. The van der Waals surface area contributed by atoms with Crippen LogP contribution in [-0.4, -0.2) is 27.0 Å². The molecular weight excluding hydrogens is 254 g/mol. The molecule has 1 aromatic rings. The van der Waals surface area contributed by atoms with Crippen LogP contribution in [0.1, 0.15) is 26.3 Å². The monoisotopic (exact) mass is 273 g/mol. The maximum atomic E-state index is 11.8. The van der Waals surface area contributed by atoms with Crippen molar-refractivity contribution in [3.8, 4) is 5.75 Å². The van der Waals surface area contributed by atoms with Gasteiger partial charge in [0.1, 0.15) is 10.6 Å². The van der Waals surface area contributed by atoms with Gasteiger partial charge in [-0.3, -0.25) is 10.7 Å². The zero-order valence-corrected chi connectivity index (χ0v) is 12.1. The maximum Gasteiger partial charge on any atom is 0.179 e. The van der Waals surface area contributed by atoms with Gasteiger partial charge in [-0.15, -0.1) is 0 Å². The Morgan fingerprint density at radius 3 is 2.17 bits per heavy atom. The number of benzene rings is 1. The summed E-state index contributed by atoms with van der Waals surface area (Å²) in [4.78, 5) is 0.0639. The van der Waals surface area contributed by atoms with Gasteiger partial charge in [0.2, 0.25) is 0 Å². The fourth-order valence-electron chi connectivity index (χ4n) is 1.60. The van der Waals surface area contributed by atoms with Crippen molar-refractivity contribution in [1.29, 1.82) is 0 Å². The van der Waals surface area contributed by atoms with E-state index in [4.69, 9.17) is 9.94 Å². The van der Waals surface area contributed by atoms with E-state index in [0.717, 1.165) is 11.8 Å². The highest BCUT2D eigenvalue weighted by Crippen LogP contribution is 2.37. The third kappa shape index (κ3) is 2.94. The molecule has 6 heteroatoms. The van der Waals surface area contributed by atoms with Gasteiger partial charge < -0.3 is 4.74 Å². The summed E-state index contributed by atoms with van der Waals surface area (Å²) in [6.45, 7) is 5.88. The van der Waals surface area contributed by atoms with Gasteiger partial charge in [-0.25, -0.2) is 8.42 Å². The van der Waals surface area contributed by atoms with E-state index in [1.54, 1.807) is 12.1 Å². The van der Waals surface area contributed by atoms with Crippen molar-refractivity contribution in [2.24, 2.45) is 0 Å². The second-order valence-electron chi connectivity index (χ2n) is 5.19. The normalized spacial score (nSPS) is 12.3. The van der Waals surface area contributed by atoms with E-state index in [2.05, 4.69) is 0 Å². The molecule has 0 fully saturated rings. The van der Waals surface area contributed by atoms with Crippen molar-refractivity contribution in [3.05, 3.63) is 17.7 Å². The number of hydrogen-bond donors (Lipinski definition) is 2. The Labute approximate surface area is 108 Å². The van der Waals surface area contributed by atoms with Crippen LogP contribution in [0, 0.1) is 0 Å². The van der Waals surface area contributed by atoms with E-state index >= 15 is 0 Å². The zero-order valence-electron chi connectivity index (χ0n) is 11.2. The van der Waals surface area contributed by atoms with E-state index in [0.29, 0.717) is 0 Å². The molecule has 18 heavy (non-hydrogen) atoms. The number of sulfone groups is 1. The number of rotatable bonds is 3. The molecule has 0 saturated heterocycles. The molecule has 0 saturated carbocycles. The zero-order chi connectivity index (χ0) is 14.1. The highest BCUT2D eigenvalue weighted by atomic mass is 32.2. The largest absolute Gasteiger partial charge is 0.493 e. The molecule has 0 radical (unpaired) electrons. The van der Waals surface area contributed by atoms with Crippen LogP contribution < -0.4 is 10.2 Å². The average molecular weight is 273 g/mol. The minimum absolute atomic E-state index is 0.0639. The van der Waals surface area contributed by atoms with Crippen molar-refractivity contribution in [2.75, 3.05) is 18.8 Å². The lowest BCUT2D eigenvalue weighted by Crippen LogP contribution is -2.14. The first-order valence-corrected chi connectivity index (χ1v) is 7.33. The summed E-state index contributed by atoms with van der Waals surface area (Å²) in [7, 11) is -2.07. The third-order valence-corrected chi connectivity index (χ3v) is 3.75. The van der Waals surface area contributed by atoms with Gasteiger partial charge in [0.25, 0.3) is 0 Å². The minimum atomic E-state index is -3.44. The van der Waals surface area contributed by atoms with Crippen LogP contribution in [0.4, 0.5) is 5.69 Å². The average Bonchev–Trinajstić information content (AvgIpc) is 2.24. The first-order chi connectivity index (χ1) is 8.11. The summed E-state index contributed by atoms with van der Waals surface area (Å²) >= 11 is 0. The van der Waals surface area contributed by atoms with Crippen molar-refractivity contribution < 1.29 is 18.4 Å². The van der Waals surface area contributed by atoms with Crippen LogP contribution in [0.25, 0.3) is 0 Å². The van der Waals surface area contributed by atoms with Gasteiger partial charge in [0.05, 0.1) is 7.11 Å². The summed E-state index contributed by atoms with van der Waals surface area (Å²) in [6, 6.07) is 3.25. The van der Waals surface area contributed by atoms with Crippen molar-refractivity contribution in [1.82, 2.24) is 0 Å². The molecule has 0 heterocycles. The van der Waals surface area contributed by atoms with E-state index < -0.39 is 9.84 Å². The number of hydrogen-bond acceptors (Lipinski definition) is 5. The van der Waals surface area contributed by atoms with Crippen molar-refractivity contribution in [2.45, 2.75) is 31.1 Å². The standard InChI is InChI=1S/C12H19NO4S/c1-12(2,3)8-6-9(13-14)11(17-4)10(7-8)18(5,15)16/h6-7,13-14H,1-5H3. The first kappa shape index (κ1) is 14.8. The third-order valence-electron chi connectivity index (χ3n) is 2.64. The van der Waals surface area contributed by atoms with Gasteiger partial charge >= 0.3 is 0 Å². The van der Waals surface area contributed by atoms with E-state index in [-0.39, 0.29) is 21.7 Å². The molecule has 0 unspecified atom stereocenters. The molecule has 0 aliphatic rings. The highest BCUT2D eigenvalue weighted by molar-refractivity contribution is 7.90. The summed E-state index contributed by atoms with van der Waals surface area (Å²) < 4.78 is 28.6. The molecule has 2 N–H and O–H groups in total. The summed E-state index contributed by atoms with van der Waals surface area (Å²) in [5.74, 6) is 0.119. The van der Waals surface area contributed by atoms with Gasteiger partial charge in [0.15, 0.2) is 15.6 Å². The minimum Gasteiger partial charge on any atom is -0.493 e. The molecular formula is C12H19NO4S. The van der Waals surface area contributed by atoms with E-state index in [1.165, 1.54) is 7.11 Å². The van der Waals surface area contributed by atoms with Crippen LogP contribution in [-0.2, 0) is 15.3 Å². The van der Waals surface area contributed by atoms with Crippen LogP contribution in [0.5, 0.6) is 5.75 Å². The van der Waals surface area contributed by atoms with Crippen molar-refractivity contribution >= 4 is 15.5 Å².